The Labute approximate surface area is 141 Å². The molecule has 3 nitrogen and oxygen atoms in total. The average molecular weight is 355 g/mol. The second-order valence-corrected chi connectivity index (χ2v) is 5.80. The molecule has 1 aliphatic carbocycles. The number of hydrogen-bond acceptors (Lipinski definition) is 3. The fourth-order valence-electron chi connectivity index (χ4n) is 3.01. The lowest BCUT2D eigenvalue weighted by molar-refractivity contribution is 0.154. The molecule has 1 saturated carbocycles. The molecule has 1 aromatic carbocycles. The zero-order valence-electron chi connectivity index (χ0n) is 12.2. The van der Waals surface area contributed by atoms with Crippen LogP contribution in [0.5, 0.6) is 5.75 Å². The van der Waals surface area contributed by atoms with Gasteiger partial charge in [-0.15, -0.1) is 24.8 Å². The molecule has 0 spiro atoms. The predicted octanol–water partition coefficient (Wildman–Crippen LogP) is 3.26. The van der Waals surface area contributed by atoms with Gasteiger partial charge in [-0.1, -0.05) is 12.8 Å². The van der Waals surface area contributed by atoms with Crippen molar-refractivity contribution in [2.45, 2.75) is 25.3 Å². The van der Waals surface area contributed by atoms with Gasteiger partial charge >= 0.3 is 0 Å². The molecule has 22 heavy (non-hydrogen) atoms. The maximum Gasteiger partial charge on any atom is 0.134 e. The summed E-state index contributed by atoms with van der Waals surface area (Å²) in [5, 5.41) is 13.3. The van der Waals surface area contributed by atoms with E-state index < -0.39 is 11.6 Å². The number of nitrogens with one attached hydrogen (secondary N) is 1. The van der Waals surface area contributed by atoms with E-state index in [2.05, 4.69) is 10.2 Å². The molecule has 1 saturated heterocycles. The Hall–Kier alpha value is -0.620. The molecule has 2 aliphatic rings. The maximum absolute atomic E-state index is 14.1. The zero-order valence-corrected chi connectivity index (χ0v) is 13.9. The van der Waals surface area contributed by atoms with Gasteiger partial charge in [0.1, 0.15) is 17.4 Å². The third-order valence-electron chi connectivity index (χ3n) is 4.25. The summed E-state index contributed by atoms with van der Waals surface area (Å²) < 4.78 is 27.3. The number of nitrogens with zero attached hydrogens (tertiary/aromatic N) is 1. The number of phenols is 1. The van der Waals surface area contributed by atoms with E-state index >= 15 is 0 Å². The quantitative estimate of drug-likeness (QED) is 0.870. The lowest BCUT2D eigenvalue weighted by atomic mass is 9.97. The maximum atomic E-state index is 14.1. The van der Waals surface area contributed by atoms with Crippen LogP contribution in [-0.4, -0.2) is 36.2 Å². The molecule has 0 radical (unpaired) electrons. The molecule has 0 unspecified atom stereocenters. The normalized spacial score (nSPS) is 19.9. The lowest BCUT2D eigenvalue weighted by Crippen LogP contribution is -2.45. The van der Waals surface area contributed by atoms with Crippen LogP contribution in [0.15, 0.2) is 12.1 Å². The van der Waals surface area contributed by atoms with Crippen molar-refractivity contribution >= 4 is 24.8 Å². The van der Waals surface area contributed by atoms with E-state index in [9.17, 15) is 13.9 Å². The van der Waals surface area contributed by atoms with Gasteiger partial charge < -0.3 is 10.4 Å². The van der Waals surface area contributed by atoms with Crippen molar-refractivity contribution in [2.75, 3.05) is 26.2 Å². The Morgan fingerprint density at radius 1 is 1.18 bits per heavy atom. The first-order chi connectivity index (χ1) is 9.65. The summed E-state index contributed by atoms with van der Waals surface area (Å²) in [5.41, 5.74) is 0.264. The van der Waals surface area contributed by atoms with Gasteiger partial charge in [0.15, 0.2) is 0 Å². The van der Waals surface area contributed by atoms with Crippen molar-refractivity contribution in [3.63, 3.8) is 0 Å². The first kappa shape index (κ1) is 19.4. The van der Waals surface area contributed by atoms with E-state index in [1.54, 1.807) is 0 Å². The number of piperazine rings is 1. The van der Waals surface area contributed by atoms with Crippen molar-refractivity contribution in [1.82, 2.24) is 10.2 Å². The Bertz CT molecular complexity index is 471. The molecular weight excluding hydrogens is 333 g/mol. The number of rotatable bonds is 4. The monoisotopic (exact) mass is 354 g/mol. The number of hydrogen-bond donors (Lipinski definition) is 2. The van der Waals surface area contributed by atoms with Crippen molar-refractivity contribution in [2.24, 2.45) is 5.92 Å². The van der Waals surface area contributed by atoms with Crippen molar-refractivity contribution < 1.29 is 13.9 Å². The van der Waals surface area contributed by atoms with Gasteiger partial charge in [0.05, 0.1) is 0 Å². The van der Waals surface area contributed by atoms with Gasteiger partial charge in [-0.05, 0) is 12.3 Å². The highest BCUT2D eigenvalue weighted by Crippen LogP contribution is 2.43. The lowest BCUT2D eigenvalue weighted by Gasteiger charge is -2.35. The van der Waals surface area contributed by atoms with Gasteiger partial charge in [-0.25, -0.2) is 8.78 Å². The summed E-state index contributed by atoms with van der Waals surface area (Å²) in [5.74, 6) is -1.01. The van der Waals surface area contributed by atoms with Crippen LogP contribution in [0.2, 0.25) is 0 Å². The standard InChI is InChI=1S/C15H20F2N2O.2ClH/c16-11-8-12(17)15(14(20)9-11)13(7-10-1-2-10)19-5-3-18-4-6-19;;/h8-10,13,18,20H,1-7H2;2*1H/t13-;;/m0../s1. The number of aromatic hydroxyl groups is 1. The van der Waals surface area contributed by atoms with Crippen LogP contribution in [0.25, 0.3) is 0 Å². The first-order valence-corrected chi connectivity index (χ1v) is 7.28. The molecule has 7 heteroatoms. The Morgan fingerprint density at radius 2 is 1.82 bits per heavy atom. The minimum absolute atomic E-state index is 0. The van der Waals surface area contributed by atoms with Gasteiger partial charge in [0.25, 0.3) is 0 Å². The van der Waals surface area contributed by atoms with Crippen LogP contribution in [0.3, 0.4) is 0 Å². The van der Waals surface area contributed by atoms with E-state index in [-0.39, 0.29) is 42.2 Å². The van der Waals surface area contributed by atoms with Crippen molar-refractivity contribution in [1.29, 1.82) is 0 Å². The number of halogens is 4. The summed E-state index contributed by atoms with van der Waals surface area (Å²) in [7, 11) is 0. The fraction of sp³-hybridized carbons (Fsp3) is 0.600. The van der Waals surface area contributed by atoms with E-state index in [0.29, 0.717) is 5.92 Å². The second-order valence-electron chi connectivity index (χ2n) is 5.80. The van der Waals surface area contributed by atoms with Crippen molar-refractivity contribution in [3.8, 4) is 5.75 Å². The summed E-state index contributed by atoms with van der Waals surface area (Å²) in [6.45, 7) is 3.39. The molecule has 126 valence electrons. The van der Waals surface area contributed by atoms with E-state index in [0.717, 1.165) is 44.7 Å². The van der Waals surface area contributed by atoms with Gasteiger partial charge in [0, 0.05) is 49.9 Å². The zero-order chi connectivity index (χ0) is 14.1. The summed E-state index contributed by atoms with van der Waals surface area (Å²) in [4.78, 5) is 2.20. The highest BCUT2D eigenvalue weighted by Gasteiger charge is 2.33. The SMILES string of the molecule is Cl.Cl.Oc1cc(F)cc(F)c1[C@H](CC1CC1)N1CCNCC1. The molecule has 1 aromatic rings. The predicted molar refractivity (Wildman–Crippen MR) is 87.0 cm³/mol. The van der Waals surface area contributed by atoms with Gasteiger partial charge in [-0.2, -0.15) is 0 Å². The highest BCUT2D eigenvalue weighted by atomic mass is 35.5. The molecule has 0 aromatic heterocycles. The van der Waals surface area contributed by atoms with Crippen LogP contribution in [0.4, 0.5) is 8.78 Å². The molecule has 2 N–H and O–H groups in total. The van der Waals surface area contributed by atoms with Gasteiger partial charge in [-0.3, -0.25) is 4.90 Å². The molecule has 0 bridgehead atoms. The molecule has 0 amide bonds. The first-order valence-electron chi connectivity index (χ1n) is 7.28. The van der Waals surface area contributed by atoms with Crippen LogP contribution >= 0.6 is 24.8 Å². The third-order valence-corrected chi connectivity index (χ3v) is 4.25. The van der Waals surface area contributed by atoms with Crippen LogP contribution in [-0.2, 0) is 0 Å². The minimum atomic E-state index is -0.728. The molecular formula is C15H22Cl2F2N2O. The van der Waals surface area contributed by atoms with Crippen molar-refractivity contribution in [3.05, 3.63) is 29.3 Å². The van der Waals surface area contributed by atoms with E-state index in [1.165, 1.54) is 12.8 Å². The summed E-state index contributed by atoms with van der Waals surface area (Å²) >= 11 is 0. The fourth-order valence-corrected chi connectivity index (χ4v) is 3.01. The Kier molecular flexibility index (Phi) is 7.32. The highest BCUT2D eigenvalue weighted by molar-refractivity contribution is 5.85. The molecule has 1 aliphatic heterocycles. The largest absolute Gasteiger partial charge is 0.507 e. The third kappa shape index (κ3) is 4.44. The molecule has 2 fully saturated rings. The average Bonchev–Trinajstić information content (AvgIpc) is 3.21. The second kappa shape index (κ2) is 8.29. The molecule has 3 rings (SSSR count). The van der Waals surface area contributed by atoms with Crippen LogP contribution < -0.4 is 5.32 Å². The van der Waals surface area contributed by atoms with Crippen LogP contribution in [0, 0.1) is 17.6 Å². The smallest absolute Gasteiger partial charge is 0.134 e. The minimum Gasteiger partial charge on any atom is -0.507 e. The topological polar surface area (TPSA) is 35.5 Å². The molecule has 1 atom stereocenters. The summed E-state index contributed by atoms with van der Waals surface area (Å²) in [6, 6.07) is 1.74. The van der Waals surface area contributed by atoms with Crippen LogP contribution in [0.1, 0.15) is 30.9 Å². The van der Waals surface area contributed by atoms with E-state index in [1.807, 2.05) is 0 Å². The Balaban J connectivity index is 0.00000121. The van der Waals surface area contributed by atoms with E-state index in [4.69, 9.17) is 0 Å². The number of phenolic OH excluding ortho intramolecular Hbond substituents is 1. The number of benzene rings is 1. The summed E-state index contributed by atoms with van der Waals surface area (Å²) in [6.07, 6.45) is 3.19. The Morgan fingerprint density at radius 3 is 2.36 bits per heavy atom. The van der Waals surface area contributed by atoms with Gasteiger partial charge in [0.2, 0.25) is 0 Å². The molecule has 1 heterocycles.